The Balaban J connectivity index is 1.64. The van der Waals surface area contributed by atoms with Crippen LogP contribution in [0.2, 0.25) is 0 Å². The first-order chi connectivity index (χ1) is 13.6. The lowest BCUT2D eigenvalue weighted by molar-refractivity contribution is 0.0528. The average molecular weight is 380 g/mol. The van der Waals surface area contributed by atoms with Crippen molar-refractivity contribution in [1.82, 2.24) is 19.5 Å². The minimum absolute atomic E-state index is 0.243. The number of ether oxygens (including phenoxy) is 1. The number of carbonyl (C=O) groups is 1. The van der Waals surface area contributed by atoms with Gasteiger partial charge in [-0.05, 0) is 44.4 Å². The number of aromatic nitrogens is 3. The van der Waals surface area contributed by atoms with Crippen LogP contribution in [0.15, 0.2) is 41.3 Å². The quantitative estimate of drug-likeness (QED) is 0.689. The summed E-state index contributed by atoms with van der Waals surface area (Å²) < 4.78 is 6.33. The van der Waals surface area contributed by atoms with E-state index in [0.29, 0.717) is 23.9 Å². The molecule has 2 heterocycles. The summed E-state index contributed by atoms with van der Waals surface area (Å²) in [6, 6.07) is 10.3. The van der Waals surface area contributed by atoms with Crippen LogP contribution in [0.25, 0.3) is 5.65 Å². The third-order valence-electron chi connectivity index (χ3n) is 5.33. The average Bonchev–Trinajstić information content (AvgIpc) is 3.12. The molecule has 7 nitrogen and oxygen atoms in total. The molecule has 0 saturated heterocycles. The van der Waals surface area contributed by atoms with E-state index >= 15 is 0 Å². The fourth-order valence-electron chi connectivity index (χ4n) is 4.02. The number of esters is 1. The summed E-state index contributed by atoms with van der Waals surface area (Å²) in [7, 11) is 2.06. The second-order valence-corrected chi connectivity index (χ2v) is 7.17. The topological polar surface area (TPSA) is 79.7 Å². The first-order valence-electron chi connectivity index (χ1n) is 9.63. The highest BCUT2D eigenvalue weighted by Gasteiger charge is 2.24. The van der Waals surface area contributed by atoms with E-state index in [2.05, 4.69) is 46.3 Å². The van der Waals surface area contributed by atoms with E-state index in [1.807, 2.05) is 0 Å². The molecular formula is C21H24N4O3. The zero-order valence-corrected chi connectivity index (χ0v) is 16.1. The van der Waals surface area contributed by atoms with Gasteiger partial charge in [0.1, 0.15) is 5.56 Å². The Morgan fingerprint density at radius 2 is 2.21 bits per heavy atom. The third kappa shape index (κ3) is 3.33. The summed E-state index contributed by atoms with van der Waals surface area (Å²) in [6.07, 6.45) is 4.80. The molecule has 28 heavy (non-hydrogen) atoms. The van der Waals surface area contributed by atoms with Crippen LogP contribution in [0.5, 0.6) is 0 Å². The Hall–Kier alpha value is -2.93. The molecule has 4 rings (SSSR count). The van der Waals surface area contributed by atoms with Gasteiger partial charge in [-0.15, -0.1) is 0 Å². The van der Waals surface area contributed by atoms with E-state index in [4.69, 9.17) is 4.74 Å². The van der Waals surface area contributed by atoms with Crippen molar-refractivity contribution < 1.29 is 9.53 Å². The van der Waals surface area contributed by atoms with Crippen molar-refractivity contribution in [3.8, 4) is 0 Å². The molecule has 146 valence electrons. The van der Waals surface area contributed by atoms with Crippen LogP contribution in [0.3, 0.4) is 0 Å². The molecule has 0 fully saturated rings. The fraction of sp³-hybridized carbons (Fsp3) is 0.381. The number of aryl methyl sites for hydroxylation is 1. The smallest absolute Gasteiger partial charge is 0.343 e. The number of benzene rings is 1. The van der Waals surface area contributed by atoms with Gasteiger partial charge in [0, 0.05) is 24.8 Å². The Bertz CT molecular complexity index is 1070. The molecule has 3 aromatic rings. The zero-order valence-electron chi connectivity index (χ0n) is 16.1. The van der Waals surface area contributed by atoms with Crippen LogP contribution in [-0.2, 0) is 17.7 Å². The maximum absolute atomic E-state index is 12.5. The Morgan fingerprint density at radius 3 is 3.04 bits per heavy atom. The van der Waals surface area contributed by atoms with Gasteiger partial charge in [-0.1, -0.05) is 24.3 Å². The second kappa shape index (κ2) is 7.59. The molecule has 1 aliphatic rings. The highest BCUT2D eigenvalue weighted by atomic mass is 16.5. The van der Waals surface area contributed by atoms with Crippen LogP contribution in [0, 0.1) is 0 Å². The number of hydrogen-bond acceptors (Lipinski definition) is 5. The number of aromatic amines is 1. The standard InChI is InChI=1S/C21H24N4O3/c1-3-28-21(27)17-12-22-25-19(26)11-15(23-20(17)25)13-24(2)18-10-6-8-14-7-4-5-9-16(14)18/h4-5,7,9,11-12,18,22H,3,6,8,10,13H2,1-2H3/t18-/m0/s1. The van der Waals surface area contributed by atoms with Gasteiger partial charge in [0.05, 0.1) is 12.3 Å². The van der Waals surface area contributed by atoms with Crippen LogP contribution < -0.4 is 5.56 Å². The first-order valence-corrected chi connectivity index (χ1v) is 9.63. The largest absolute Gasteiger partial charge is 0.462 e. The monoisotopic (exact) mass is 380 g/mol. The second-order valence-electron chi connectivity index (χ2n) is 7.17. The van der Waals surface area contributed by atoms with Crippen molar-refractivity contribution in [2.75, 3.05) is 13.7 Å². The Kier molecular flexibility index (Phi) is 5.00. The normalized spacial score (nSPS) is 16.3. The SMILES string of the molecule is CCOC(=O)c1c[nH]n2c(=O)cc(CN(C)[C@H]3CCCc4ccccc43)nc12. The molecule has 1 aliphatic carbocycles. The highest BCUT2D eigenvalue weighted by Crippen LogP contribution is 2.33. The molecular weight excluding hydrogens is 356 g/mol. The molecule has 0 bridgehead atoms. The number of nitrogens with zero attached hydrogens (tertiary/aromatic N) is 3. The van der Waals surface area contributed by atoms with E-state index < -0.39 is 5.97 Å². The minimum Gasteiger partial charge on any atom is -0.462 e. The van der Waals surface area contributed by atoms with E-state index in [1.54, 1.807) is 6.92 Å². The van der Waals surface area contributed by atoms with Crippen molar-refractivity contribution in [2.24, 2.45) is 0 Å². The molecule has 0 radical (unpaired) electrons. The van der Waals surface area contributed by atoms with Gasteiger partial charge in [-0.2, -0.15) is 0 Å². The van der Waals surface area contributed by atoms with Crippen LogP contribution in [0.4, 0.5) is 0 Å². The summed E-state index contributed by atoms with van der Waals surface area (Å²) in [6.45, 7) is 2.54. The highest BCUT2D eigenvalue weighted by molar-refractivity contribution is 5.95. The molecule has 0 aliphatic heterocycles. The number of H-pyrrole nitrogens is 1. The molecule has 0 unspecified atom stereocenters. The van der Waals surface area contributed by atoms with Gasteiger partial charge in [0.15, 0.2) is 5.65 Å². The van der Waals surface area contributed by atoms with Crippen molar-refractivity contribution in [3.05, 3.63) is 69.3 Å². The van der Waals surface area contributed by atoms with Crippen LogP contribution in [0.1, 0.15) is 53.0 Å². The maximum Gasteiger partial charge on any atom is 0.343 e. The number of carbonyl (C=O) groups excluding carboxylic acids is 1. The number of nitrogens with one attached hydrogen (secondary N) is 1. The van der Waals surface area contributed by atoms with Crippen molar-refractivity contribution in [1.29, 1.82) is 0 Å². The van der Waals surface area contributed by atoms with Gasteiger partial charge in [-0.3, -0.25) is 14.8 Å². The maximum atomic E-state index is 12.5. The molecule has 1 N–H and O–H groups in total. The third-order valence-corrected chi connectivity index (χ3v) is 5.33. The molecule has 0 spiro atoms. The molecule has 1 atom stereocenters. The minimum atomic E-state index is -0.486. The van der Waals surface area contributed by atoms with Crippen molar-refractivity contribution in [2.45, 2.75) is 38.8 Å². The van der Waals surface area contributed by atoms with Gasteiger partial charge in [0.2, 0.25) is 0 Å². The predicted molar refractivity (Wildman–Crippen MR) is 105 cm³/mol. The number of fused-ring (bicyclic) bond motifs is 2. The summed E-state index contributed by atoms with van der Waals surface area (Å²) in [5.41, 5.74) is 3.71. The van der Waals surface area contributed by atoms with Gasteiger partial charge in [0.25, 0.3) is 5.56 Å². The zero-order chi connectivity index (χ0) is 19.7. The molecule has 1 aromatic carbocycles. The van der Waals surface area contributed by atoms with E-state index in [9.17, 15) is 9.59 Å². The lowest BCUT2D eigenvalue weighted by Crippen LogP contribution is -2.29. The van der Waals surface area contributed by atoms with Crippen LogP contribution in [-0.4, -0.2) is 39.1 Å². The lowest BCUT2D eigenvalue weighted by Gasteiger charge is -2.33. The van der Waals surface area contributed by atoms with Gasteiger partial charge < -0.3 is 4.74 Å². The number of hydrogen-bond donors (Lipinski definition) is 1. The number of rotatable bonds is 5. The van der Waals surface area contributed by atoms with Gasteiger partial charge >= 0.3 is 5.97 Å². The van der Waals surface area contributed by atoms with E-state index in [1.165, 1.54) is 27.9 Å². The Morgan fingerprint density at radius 1 is 1.39 bits per heavy atom. The predicted octanol–water partition coefficient (Wildman–Crippen LogP) is 2.71. The summed E-state index contributed by atoms with van der Waals surface area (Å²) in [4.78, 5) is 31.4. The van der Waals surface area contributed by atoms with Gasteiger partial charge in [-0.25, -0.2) is 14.3 Å². The van der Waals surface area contributed by atoms with E-state index in [0.717, 1.165) is 19.3 Å². The summed E-state index contributed by atoms with van der Waals surface area (Å²) in [5, 5.41) is 2.78. The fourth-order valence-corrected chi connectivity index (χ4v) is 4.02. The van der Waals surface area contributed by atoms with E-state index in [-0.39, 0.29) is 17.7 Å². The Labute approximate surface area is 162 Å². The van der Waals surface area contributed by atoms with Crippen molar-refractivity contribution >= 4 is 11.6 Å². The molecule has 0 amide bonds. The molecule has 0 saturated carbocycles. The first kappa shape index (κ1) is 18.4. The van der Waals surface area contributed by atoms with Crippen molar-refractivity contribution in [3.63, 3.8) is 0 Å². The summed E-state index contributed by atoms with van der Waals surface area (Å²) in [5.74, 6) is -0.486. The molecule has 2 aromatic heterocycles. The lowest BCUT2D eigenvalue weighted by atomic mass is 9.87. The summed E-state index contributed by atoms with van der Waals surface area (Å²) >= 11 is 0. The molecule has 7 heteroatoms. The van der Waals surface area contributed by atoms with Crippen LogP contribution >= 0.6 is 0 Å².